The zero-order chi connectivity index (χ0) is 21.6. The first kappa shape index (κ1) is 21.8. The summed E-state index contributed by atoms with van der Waals surface area (Å²) in [5, 5.41) is 1.73. The second kappa shape index (κ2) is 10.3. The van der Waals surface area contributed by atoms with E-state index in [1.54, 1.807) is 0 Å². The van der Waals surface area contributed by atoms with Crippen molar-refractivity contribution in [1.29, 1.82) is 0 Å². The lowest BCUT2D eigenvalue weighted by atomic mass is 9.78. The summed E-state index contributed by atoms with van der Waals surface area (Å²) in [7, 11) is 0. The summed E-state index contributed by atoms with van der Waals surface area (Å²) in [5.74, 6) is 1.29. The predicted octanol–water partition coefficient (Wildman–Crippen LogP) is 9.23. The Balaban J connectivity index is 1.50. The molecule has 31 heavy (non-hydrogen) atoms. The lowest BCUT2D eigenvalue weighted by Gasteiger charge is -2.27. The minimum absolute atomic E-state index is 0.0998. The summed E-state index contributed by atoms with van der Waals surface area (Å²) in [4.78, 5) is 0. The predicted molar refractivity (Wildman–Crippen MR) is 132 cm³/mol. The van der Waals surface area contributed by atoms with Gasteiger partial charge < -0.3 is 0 Å². The Hall–Kier alpha value is -2.41. The number of rotatable bonds is 7. The third kappa shape index (κ3) is 5.09. The molecule has 0 nitrogen and oxygen atoms in total. The van der Waals surface area contributed by atoms with Crippen molar-refractivity contribution in [3.8, 4) is 11.1 Å². The van der Waals surface area contributed by atoms with E-state index in [2.05, 4.69) is 68.5 Å². The molecule has 0 heterocycles. The topological polar surface area (TPSA) is 0 Å². The van der Waals surface area contributed by atoms with E-state index in [1.807, 2.05) is 12.1 Å². The van der Waals surface area contributed by atoms with Gasteiger partial charge in [-0.1, -0.05) is 86.5 Å². The first-order valence-electron chi connectivity index (χ1n) is 12.1. The van der Waals surface area contributed by atoms with Gasteiger partial charge in [-0.3, -0.25) is 0 Å². The van der Waals surface area contributed by atoms with Gasteiger partial charge in [0, 0.05) is 10.9 Å². The maximum absolute atomic E-state index is 15.4. The van der Waals surface area contributed by atoms with E-state index in [0.29, 0.717) is 11.5 Å². The van der Waals surface area contributed by atoms with Crippen LogP contribution in [0.5, 0.6) is 0 Å². The highest BCUT2D eigenvalue weighted by atomic mass is 19.1. The van der Waals surface area contributed by atoms with Gasteiger partial charge >= 0.3 is 0 Å². The molecule has 1 saturated carbocycles. The van der Waals surface area contributed by atoms with Crippen LogP contribution >= 0.6 is 0 Å². The fourth-order valence-electron chi connectivity index (χ4n) is 5.15. The number of hydrogen-bond donors (Lipinski definition) is 0. The third-order valence-corrected chi connectivity index (χ3v) is 7.02. The number of benzene rings is 3. The number of unbranched alkanes of at least 4 members (excludes halogenated alkanes) is 2. The highest BCUT2D eigenvalue weighted by molar-refractivity contribution is 5.88. The second-order valence-electron chi connectivity index (χ2n) is 9.20. The molecule has 3 aromatic carbocycles. The average Bonchev–Trinajstić information content (AvgIpc) is 2.80. The van der Waals surface area contributed by atoms with Crippen LogP contribution in [-0.2, 0) is 6.42 Å². The van der Waals surface area contributed by atoms with Crippen molar-refractivity contribution in [3.05, 3.63) is 83.7 Å². The van der Waals surface area contributed by atoms with Gasteiger partial charge in [0.05, 0.1) is 0 Å². The molecule has 0 bridgehead atoms. The molecule has 0 spiro atoms. The first-order valence-corrected chi connectivity index (χ1v) is 12.1. The van der Waals surface area contributed by atoms with Gasteiger partial charge in [-0.2, -0.15) is 0 Å². The molecule has 0 N–H and O–H groups in total. The van der Waals surface area contributed by atoms with Gasteiger partial charge in [0.1, 0.15) is 5.82 Å². The Morgan fingerprint density at radius 3 is 2.39 bits per heavy atom. The van der Waals surface area contributed by atoms with Crippen molar-refractivity contribution in [2.45, 2.75) is 71.1 Å². The molecule has 1 fully saturated rings. The maximum Gasteiger partial charge on any atom is 0.138 e. The molecule has 4 rings (SSSR count). The van der Waals surface area contributed by atoms with Crippen LogP contribution in [0.15, 0.2) is 66.7 Å². The largest absolute Gasteiger partial charge is 0.206 e. The van der Waals surface area contributed by atoms with Crippen molar-refractivity contribution in [2.75, 3.05) is 0 Å². The molecule has 3 aromatic rings. The number of halogens is 1. The van der Waals surface area contributed by atoms with Gasteiger partial charge in [-0.25, -0.2) is 4.39 Å². The fourth-order valence-corrected chi connectivity index (χ4v) is 5.15. The molecule has 0 atom stereocenters. The molecule has 0 aliphatic heterocycles. The fraction of sp³-hybridized carbons (Fsp3) is 0.400. The molecule has 1 aliphatic rings. The highest BCUT2D eigenvalue weighted by Gasteiger charge is 2.21. The van der Waals surface area contributed by atoms with E-state index in [0.717, 1.165) is 28.7 Å². The summed E-state index contributed by atoms with van der Waals surface area (Å²) in [5.41, 5.74) is 4.38. The Kier molecular flexibility index (Phi) is 7.22. The first-order chi connectivity index (χ1) is 15.2. The summed E-state index contributed by atoms with van der Waals surface area (Å²) < 4.78 is 15.4. The van der Waals surface area contributed by atoms with Crippen molar-refractivity contribution in [1.82, 2.24) is 0 Å². The molecule has 0 aromatic heterocycles. The standard InChI is InChI=1S/C30H35F/c1-3-5-6-8-23-11-19-29-27(21-23)18-20-28(30(29)31)26-16-14-25(15-17-26)24-12-9-22(7-4-2)10-13-24/h4,7,11,14-22,24H,3,5-6,8-10,12-13H2,1-2H3/b7-4+. The van der Waals surface area contributed by atoms with Crippen molar-refractivity contribution < 1.29 is 4.39 Å². The van der Waals surface area contributed by atoms with Gasteiger partial charge in [-0.05, 0) is 79.4 Å². The number of fused-ring (bicyclic) bond motifs is 1. The smallest absolute Gasteiger partial charge is 0.138 e. The monoisotopic (exact) mass is 414 g/mol. The van der Waals surface area contributed by atoms with Crippen LogP contribution in [0.2, 0.25) is 0 Å². The molecular weight excluding hydrogens is 379 g/mol. The molecule has 0 amide bonds. The number of allylic oxidation sites excluding steroid dienone is 2. The van der Waals surface area contributed by atoms with E-state index in [9.17, 15) is 0 Å². The Morgan fingerprint density at radius 1 is 0.903 bits per heavy atom. The van der Waals surface area contributed by atoms with Crippen molar-refractivity contribution >= 4 is 10.8 Å². The summed E-state index contributed by atoms with van der Waals surface area (Å²) in [6, 6.07) is 18.9. The van der Waals surface area contributed by atoms with E-state index in [-0.39, 0.29) is 5.82 Å². The quantitative estimate of drug-likeness (QED) is 0.267. The second-order valence-corrected chi connectivity index (χ2v) is 9.20. The van der Waals surface area contributed by atoms with Crippen LogP contribution in [0.1, 0.15) is 75.8 Å². The molecule has 162 valence electrons. The van der Waals surface area contributed by atoms with E-state index in [4.69, 9.17) is 0 Å². The lowest BCUT2D eigenvalue weighted by molar-refractivity contribution is 0.376. The van der Waals surface area contributed by atoms with Crippen LogP contribution in [0.25, 0.3) is 21.9 Å². The van der Waals surface area contributed by atoms with Crippen LogP contribution in [0.3, 0.4) is 0 Å². The zero-order valence-corrected chi connectivity index (χ0v) is 19.0. The summed E-state index contributed by atoms with van der Waals surface area (Å²) in [6.45, 7) is 4.34. The maximum atomic E-state index is 15.4. The molecular formula is C30H35F. The highest BCUT2D eigenvalue weighted by Crippen LogP contribution is 2.37. The minimum Gasteiger partial charge on any atom is -0.206 e. The van der Waals surface area contributed by atoms with Crippen LogP contribution in [-0.4, -0.2) is 0 Å². The summed E-state index contributed by atoms with van der Waals surface area (Å²) in [6.07, 6.45) is 14.3. The zero-order valence-electron chi connectivity index (χ0n) is 19.0. The van der Waals surface area contributed by atoms with Gasteiger partial charge in [0.2, 0.25) is 0 Å². The SMILES string of the molecule is C/C=C/C1CCC(c2ccc(-c3ccc4cc(CCCCC)ccc4c3F)cc2)CC1. The van der Waals surface area contributed by atoms with Crippen LogP contribution in [0, 0.1) is 11.7 Å². The number of aryl methyl sites for hydroxylation is 1. The van der Waals surface area contributed by atoms with Gasteiger partial charge in [-0.15, -0.1) is 0 Å². The molecule has 0 radical (unpaired) electrons. The van der Waals surface area contributed by atoms with Crippen molar-refractivity contribution in [3.63, 3.8) is 0 Å². The van der Waals surface area contributed by atoms with Crippen LogP contribution < -0.4 is 0 Å². The third-order valence-electron chi connectivity index (χ3n) is 7.02. The molecule has 0 unspecified atom stereocenters. The van der Waals surface area contributed by atoms with Crippen molar-refractivity contribution in [2.24, 2.45) is 5.92 Å². The van der Waals surface area contributed by atoms with Gasteiger partial charge in [0.25, 0.3) is 0 Å². The normalized spacial score (nSPS) is 19.3. The van der Waals surface area contributed by atoms with E-state index in [1.165, 1.54) is 56.1 Å². The Labute approximate surface area is 187 Å². The Bertz CT molecular complexity index is 1020. The number of hydrogen-bond acceptors (Lipinski definition) is 0. The summed E-state index contributed by atoms with van der Waals surface area (Å²) >= 11 is 0. The lowest BCUT2D eigenvalue weighted by Crippen LogP contribution is -2.11. The van der Waals surface area contributed by atoms with Crippen LogP contribution in [0.4, 0.5) is 4.39 Å². The molecule has 1 aliphatic carbocycles. The minimum atomic E-state index is -0.0998. The van der Waals surface area contributed by atoms with E-state index < -0.39 is 0 Å². The van der Waals surface area contributed by atoms with E-state index >= 15 is 4.39 Å². The molecule has 1 heteroatoms. The Morgan fingerprint density at radius 2 is 1.68 bits per heavy atom. The molecule has 0 saturated heterocycles. The van der Waals surface area contributed by atoms with Gasteiger partial charge in [0.15, 0.2) is 0 Å². The average molecular weight is 415 g/mol.